The number of hydrogen-bond acceptors (Lipinski definition) is 1. The average molecular weight is 346 g/mol. The molecule has 0 aliphatic rings. The summed E-state index contributed by atoms with van der Waals surface area (Å²) in [6.07, 6.45) is 0. The lowest BCUT2D eigenvalue weighted by atomic mass is 10.2. The largest absolute Gasteiger partial charge is 0.456 e. The summed E-state index contributed by atoms with van der Waals surface area (Å²) >= 11 is 15.2. The first kappa shape index (κ1) is 13.7. The first-order chi connectivity index (χ1) is 8.60. The van der Waals surface area contributed by atoms with Crippen LogP contribution in [0.4, 0.5) is 0 Å². The van der Waals surface area contributed by atoms with E-state index < -0.39 is 0 Å². The lowest BCUT2D eigenvalue weighted by Crippen LogP contribution is -1.89. The Morgan fingerprint density at radius 2 is 1.89 bits per heavy atom. The van der Waals surface area contributed by atoms with Crippen LogP contribution in [0.3, 0.4) is 0 Å². The summed E-state index contributed by atoms with van der Waals surface area (Å²) in [5, 5.41) is 0.657. The van der Waals surface area contributed by atoms with Gasteiger partial charge in [0.1, 0.15) is 11.5 Å². The zero-order valence-electron chi connectivity index (χ0n) is 9.71. The predicted molar refractivity (Wildman–Crippen MR) is 80.0 cm³/mol. The maximum Gasteiger partial charge on any atom is 0.141 e. The van der Waals surface area contributed by atoms with Crippen LogP contribution in [0.2, 0.25) is 5.02 Å². The third kappa shape index (κ3) is 3.19. The number of aryl methyl sites for hydroxylation is 1. The highest BCUT2D eigenvalue weighted by Crippen LogP contribution is 2.33. The molecule has 94 valence electrons. The fourth-order valence-corrected chi connectivity index (χ4v) is 2.35. The van der Waals surface area contributed by atoms with Gasteiger partial charge in [0.15, 0.2) is 0 Å². The fourth-order valence-electron chi connectivity index (χ4n) is 1.51. The summed E-state index contributed by atoms with van der Waals surface area (Å²) in [6.45, 7) is 1.98. The van der Waals surface area contributed by atoms with Crippen LogP contribution in [0, 0.1) is 6.92 Å². The third-order valence-corrected chi connectivity index (χ3v) is 3.68. The first-order valence-electron chi connectivity index (χ1n) is 5.38. The minimum atomic E-state index is 0.481. The van der Waals surface area contributed by atoms with Crippen LogP contribution in [-0.2, 0) is 5.88 Å². The number of hydrogen-bond donors (Lipinski definition) is 0. The fraction of sp³-hybridized carbons (Fsp3) is 0.143. The second-order valence-electron chi connectivity index (χ2n) is 3.91. The highest BCUT2D eigenvalue weighted by atomic mass is 79.9. The summed E-state index contributed by atoms with van der Waals surface area (Å²) in [4.78, 5) is 0. The Balaban J connectivity index is 2.31. The predicted octanol–water partition coefficient (Wildman–Crippen LogP) is 5.94. The van der Waals surface area contributed by atoms with Crippen molar-refractivity contribution < 1.29 is 4.74 Å². The van der Waals surface area contributed by atoms with Crippen LogP contribution in [-0.4, -0.2) is 0 Å². The van der Waals surface area contributed by atoms with E-state index >= 15 is 0 Å². The molecule has 2 aromatic carbocycles. The van der Waals surface area contributed by atoms with Gasteiger partial charge in [0, 0.05) is 10.9 Å². The molecule has 0 bridgehead atoms. The molecular formula is C14H11BrCl2O. The van der Waals surface area contributed by atoms with E-state index in [1.54, 1.807) is 6.07 Å². The highest BCUT2D eigenvalue weighted by Gasteiger charge is 2.06. The van der Waals surface area contributed by atoms with Gasteiger partial charge >= 0.3 is 0 Å². The molecular weight excluding hydrogens is 335 g/mol. The monoisotopic (exact) mass is 344 g/mol. The van der Waals surface area contributed by atoms with Crippen LogP contribution in [0.1, 0.15) is 11.1 Å². The van der Waals surface area contributed by atoms with Crippen LogP contribution >= 0.6 is 39.1 Å². The molecule has 0 N–H and O–H groups in total. The van der Waals surface area contributed by atoms with Gasteiger partial charge in [0.2, 0.25) is 0 Å². The van der Waals surface area contributed by atoms with Gasteiger partial charge in [-0.15, -0.1) is 11.6 Å². The number of benzene rings is 2. The molecule has 2 rings (SSSR count). The van der Waals surface area contributed by atoms with E-state index in [1.165, 1.54) is 0 Å². The molecule has 0 fully saturated rings. The lowest BCUT2D eigenvalue weighted by molar-refractivity contribution is 0.476. The zero-order valence-corrected chi connectivity index (χ0v) is 12.8. The molecule has 0 unspecified atom stereocenters. The van der Waals surface area contributed by atoms with Crippen LogP contribution in [0.15, 0.2) is 40.9 Å². The van der Waals surface area contributed by atoms with E-state index in [1.807, 2.05) is 37.3 Å². The van der Waals surface area contributed by atoms with E-state index in [9.17, 15) is 0 Å². The number of halogens is 3. The van der Waals surface area contributed by atoms with Crippen LogP contribution in [0.5, 0.6) is 11.5 Å². The van der Waals surface area contributed by atoms with Crippen LogP contribution in [0.25, 0.3) is 0 Å². The Morgan fingerprint density at radius 3 is 2.56 bits per heavy atom. The second-order valence-corrected chi connectivity index (χ2v) is 5.47. The van der Waals surface area contributed by atoms with E-state index in [0.29, 0.717) is 10.9 Å². The van der Waals surface area contributed by atoms with E-state index in [4.69, 9.17) is 27.9 Å². The molecule has 2 aromatic rings. The Kier molecular flexibility index (Phi) is 4.55. The van der Waals surface area contributed by atoms with Gasteiger partial charge in [-0.3, -0.25) is 0 Å². The molecule has 0 amide bonds. The number of alkyl halides is 1. The van der Waals surface area contributed by atoms with Crippen molar-refractivity contribution in [1.29, 1.82) is 0 Å². The maximum atomic E-state index is 5.96. The maximum absolute atomic E-state index is 5.96. The molecule has 0 saturated heterocycles. The molecule has 0 heterocycles. The summed E-state index contributed by atoms with van der Waals surface area (Å²) in [5.74, 6) is 1.98. The number of ether oxygens (including phenoxy) is 1. The summed E-state index contributed by atoms with van der Waals surface area (Å²) in [5.41, 5.74) is 2.08. The SMILES string of the molecule is Cc1ccc(Cl)cc1Oc1ccc(CCl)cc1Br. The molecule has 18 heavy (non-hydrogen) atoms. The summed E-state index contributed by atoms with van der Waals surface area (Å²) < 4.78 is 6.72. The Morgan fingerprint density at radius 1 is 1.11 bits per heavy atom. The van der Waals surface area contributed by atoms with Gasteiger partial charge in [0.05, 0.1) is 4.47 Å². The van der Waals surface area contributed by atoms with Crippen molar-refractivity contribution in [1.82, 2.24) is 0 Å². The normalized spacial score (nSPS) is 10.4. The van der Waals surface area contributed by atoms with E-state index in [2.05, 4.69) is 15.9 Å². The minimum Gasteiger partial charge on any atom is -0.456 e. The van der Waals surface area contributed by atoms with Gasteiger partial charge in [-0.1, -0.05) is 23.7 Å². The summed E-state index contributed by atoms with van der Waals surface area (Å²) in [6, 6.07) is 11.4. The Labute approximate surface area is 125 Å². The standard InChI is InChI=1S/C14H11BrCl2O/c1-9-2-4-11(17)7-14(9)18-13-5-3-10(8-16)6-12(13)15/h2-7H,8H2,1H3. The van der Waals surface area contributed by atoms with Crippen LogP contribution < -0.4 is 4.74 Å². The highest BCUT2D eigenvalue weighted by molar-refractivity contribution is 9.10. The molecule has 0 aliphatic carbocycles. The Bertz CT molecular complexity index is 570. The van der Waals surface area contributed by atoms with Crippen molar-refractivity contribution >= 4 is 39.1 Å². The van der Waals surface area contributed by atoms with Gasteiger partial charge in [-0.05, 0) is 58.2 Å². The molecule has 0 atom stereocenters. The smallest absolute Gasteiger partial charge is 0.141 e. The van der Waals surface area contributed by atoms with E-state index in [-0.39, 0.29) is 0 Å². The molecule has 1 nitrogen and oxygen atoms in total. The van der Waals surface area contributed by atoms with Crippen molar-refractivity contribution in [3.63, 3.8) is 0 Å². The first-order valence-corrected chi connectivity index (χ1v) is 7.09. The summed E-state index contributed by atoms with van der Waals surface area (Å²) in [7, 11) is 0. The van der Waals surface area contributed by atoms with Crippen molar-refractivity contribution in [2.75, 3.05) is 0 Å². The Hall–Kier alpha value is -0.700. The quantitative estimate of drug-likeness (QED) is 0.625. The molecule has 0 saturated carbocycles. The van der Waals surface area contributed by atoms with Crippen molar-refractivity contribution in [3.05, 3.63) is 57.0 Å². The molecule has 0 radical (unpaired) electrons. The second kappa shape index (κ2) is 5.96. The molecule has 0 aromatic heterocycles. The molecule has 0 spiro atoms. The zero-order chi connectivity index (χ0) is 13.1. The molecule has 4 heteroatoms. The van der Waals surface area contributed by atoms with Crippen molar-refractivity contribution in [3.8, 4) is 11.5 Å². The number of rotatable bonds is 3. The van der Waals surface area contributed by atoms with Crippen molar-refractivity contribution in [2.45, 2.75) is 12.8 Å². The minimum absolute atomic E-state index is 0.481. The van der Waals surface area contributed by atoms with Gasteiger partial charge in [-0.2, -0.15) is 0 Å². The topological polar surface area (TPSA) is 9.23 Å². The lowest BCUT2D eigenvalue weighted by Gasteiger charge is -2.11. The van der Waals surface area contributed by atoms with E-state index in [0.717, 1.165) is 27.1 Å². The van der Waals surface area contributed by atoms with Gasteiger partial charge in [-0.25, -0.2) is 0 Å². The third-order valence-electron chi connectivity index (χ3n) is 2.52. The van der Waals surface area contributed by atoms with Gasteiger partial charge < -0.3 is 4.74 Å². The molecule has 0 aliphatic heterocycles. The van der Waals surface area contributed by atoms with Crippen molar-refractivity contribution in [2.24, 2.45) is 0 Å². The average Bonchev–Trinajstić information content (AvgIpc) is 2.36. The van der Waals surface area contributed by atoms with Gasteiger partial charge in [0.25, 0.3) is 0 Å².